The van der Waals surface area contributed by atoms with Crippen molar-refractivity contribution < 1.29 is 0 Å². The lowest BCUT2D eigenvalue weighted by Crippen LogP contribution is -2.44. The first kappa shape index (κ1) is 33.3. The van der Waals surface area contributed by atoms with Gasteiger partial charge in [0.25, 0.3) is 0 Å². The van der Waals surface area contributed by atoms with E-state index in [1.165, 1.54) is 66.9 Å². The molecule has 0 fully saturated rings. The molecule has 2 aliphatic carbocycles. The summed E-state index contributed by atoms with van der Waals surface area (Å²) in [6.07, 6.45) is 14.6. The van der Waals surface area contributed by atoms with Crippen molar-refractivity contribution in [1.29, 1.82) is 0 Å². The first-order valence-electron chi connectivity index (χ1n) is 19.7. The molecule has 0 N–H and O–H groups in total. The molecule has 0 bridgehead atoms. The molecule has 6 aromatic carbocycles. The van der Waals surface area contributed by atoms with E-state index in [-0.39, 0.29) is 17.4 Å². The van der Waals surface area contributed by atoms with Gasteiger partial charge in [-0.2, -0.15) is 0 Å². The SMILES string of the molecule is CC1=C(N2c3ccccc3C3C=CC=CC32C)N=C(c2cc(-c3ccccc3)cc(-c3ccccc3)c2)C=C(C2CCc3ccccc3-c3ccccc32)C1. The van der Waals surface area contributed by atoms with E-state index in [4.69, 9.17) is 4.99 Å². The minimum absolute atomic E-state index is 0.238. The highest BCUT2D eigenvalue weighted by Crippen LogP contribution is 2.54. The van der Waals surface area contributed by atoms with Crippen LogP contribution in [0.25, 0.3) is 33.4 Å². The highest BCUT2D eigenvalue weighted by Gasteiger charge is 2.48. The van der Waals surface area contributed by atoms with Gasteiger partial charge in [0.2, 0.25) is 0 Å². The molecule has 2 nitrogen and oxygen atoms in total. The van der Waals surface area contributed by atoms with Crippen LogP contribution in [-0.4, -0.2) is 11.3 Å². The van der Waals surface area contributed by atoms with Gasteiger partial charge in [-0.3, -0.25) is 0 Å². The largest absolute Gasteiger partial charge is 0.316 e. The fourth-order valence-electron chi connectivity index (χ4n) is 9.64. The lowest BCUT2D eigenvalue weighted by atomic mass is 9.80. The van der Waals surface area contributed by atoms with E-state index in [9.17, 15) is 0 Å². The molecular formula is C53H44N2. The molecule has 2 heterocycles. The zero-order chi connectivity index (χ0) is 36.9. The molecule has 55 heavy (non-hydrogen) atoms. The first-order valence-corrected chi connectivity index (χ1v) is 19.7. The molecule has 10 rings (SSSR count). The Morgan fingerprint density at radius 3 is 1.98 bits per heavy atom. The second-order valence-corrected chi connectivity index (χ2v) is 15.7. The second-order valence-electron chi connectivity index (χ2n) is 15.7. The average molecular weight is 709 g/mol. The van der Waals surface area contributed by atoms with Crippen LogP contribution in [0.5, 0.6) is 0 Å². The number of aryl methyl sites for hydroxylation is 1. The molecular weight excluding hydrogens is 665 g/mol. The highest BCUT2D eigenvalue weighted by atomic mass is 15.3. The molecule has 0 saturated heterocycles. The summed E-state index contributed by atoms with van der Waals surface area (Å²) in [5.41, 5.74) is 17.5. The molecule has 266 valence electrons. The third-order valence-electron chi connectivity index (χ3n) is 12.3. The lowest BCUT2D eigenvalue weighted by Gasteiger charge is -2.40. The van der Waals surface area contributed by atoms with Gasteiger partial charge in [0.05, 0.1) is 11.3 Å². The van der Waals surface area contributed by atoms with E-state index >= 15 is 0 Å². The Kier molecular flexibility index (Phi) is 8.21. The summed E-state index contributed by atoms with van der Waals surface area (Å²) >= 11 is 0. The van der Waals surface area contributed by atoms with Crippen LogP contribution >= 0.6 is 0 Å². The Labute approximate surface area is 325 Å². The minimum Gasteiger partial charge on any atom is -0.316 e. The summed E-state index contributed by atoms with van der Waals surface area (Å²) in [5.74, 6) is 1.54. The van der Waals surface area contributed by atoms with Gasteiger partial charge in [0.15, 0.2) is 0 Å². The number of allylic oxidation sites excluding steroid dienone is 5. The van der Waals surface area contributed by atoms with Crippen LogP contribution in [0.2, 0.25) is 0 Å². The van der Waals surface area contributed by atoms with Crippen LogP contribution in [-0.2, 0) is 6.42 Å². The molecule has 4 aliphatic rings. The van der Waals surface area contributed by atoms with Crippen molar-refractivity contribution in [3.8, 4) is 33.4 Å². The number of fused-ring (bicyclic) bond motifs is 6. The van der Waals surface area contributed by atoms with E-state index in [1.54, 1.807) is 0 Å². The highest BCUT2D eigenvalue weighted by molar-refractivity contribution is 6.11. The Morgan fingerprint density at radius 2 is 1.24 bits per heavy atom. The zero-order valence-electron chi connectivity index (χ0n) is 31.5. The van der Waals surface area contributed by atoms with E-state index in [1.807, 2.05) is 0 Å². The normalized spacial score (nSPS) is 21.1. The topological polar surface area (TPSA) is 15.6 Å². The van der Waals surface area contributed by atoms with Gasteiger partial charge in [-0.1, -0.05) is 157 Å². The Hall–Kier alpha value is -6.25. The molecule has 0 aromatic heterocycles. The van der Waals surface area contributed by atoms with Gasteiger partial charge in [-0.25, -0.2) is 4.99 Å². The number of para-hydroxylation sites is 1. The number of benzene rings is 6. The summed E-state index contributed by atoms with van der Waals surface area (Å²) in [5, 5.41) is 0. The van der Waals surface area contributed by atoms with Crippen LogP contribution < -0.4 is 4.90 Å². The van der Waals surface area contributed by atoms with Crippen molar-refractivity contribution >= 4 is 11.4 Å². The molecule has 0 saturated carbocycles. The summed E-state index contributed by atoms with van der Waals surface area (Å²) < 4.78 is 0. The number of hydrogen-bond acceptors (Lipinski definition) is 2. The van der Waals surface area contributed by atoms with Crippen LogP contribution in [0.4, 0.5) is 5.69 Å². The fourth-order valence-corrected chi connectivity index (χ4v) is 9.64. The standard InChI is InChI=1S/C53H44N2/c1-36-31-42(45-29-28-39-21-9-10-22-44(39)46-23-11-12-24-47(45)46)35-50(54-52(36)55-51-27-14-13-25-48(51)49-26-15-16-30-53(49,55)2)43-33-40(37-17-5-3-6-18-37)32-41(34-43)38-19-7-4-8-20-38/h3-27,30,32-35,45,49H,28-29,31H2,1-2H3. The van der Waals surface area contributed by atoms with E-state index < -0.39 is 0 Å². The predicted octanol–water partition coefficient (Wildman–Crippen LogP) is 13.3. The molecule has 3 unspecified atom stereocenters. The van der Waals surface area contributed by atoms with Crippen LogP contribution in [0.3, 0.4) is 0 Å². The molecule has 6 aromatic rings. The third-order valence-corrected chi connectivity index (χ3v) is 12.3. The van der Waals surface area contributed by atoms with Gasteiger partial charge >= 0.3 is 0 Å². The maximum atomic E-state index is 5.87. The fraction of sp³-hybridized carbons (Fsp3) is 0.151. The Bertz CT molecular complexity index is 2540. The van der Waals surface area contributed by atoms with Crippen molar-refractivity contribution in [3.05, 3.63) is 221 Å². The van der Waals surface area contributed by atoms with Gasteiger partial charge in [0, 0.05) is 23.1 Å². The Morgan fingerprint density at radius 1 is 0.618 bits per heavy atom. The lowest BCUT2D eigenvalue weighted by molar-refractivity contribution is 0.523. The van der Waals surface area contributed by atoms with E-state index in [0.29, 0.717) is 0 Å². The number of rotatable bonds is 5. The Balaban J connectivity index is 1.20. The van der Waals surface area contributed by atoms with Crippen LogP contribution in [0.15, 0.2) is 204 Å². The summed E-state index contributed by atoms with van der Waals surface area (Å²) in [6.45, 7) is 4.71. The van der Waals surface area contributed by atoms with Crippen LogP contribution in [0.1, 0.15) is 60.8 Å². The zero-order valence-corrected chi connectivity index (χ0v) is 31.5. The molecule has 3 atom stereocenters. The summed E-state index contributed by atoms with van der Waals surface area (Å²) in [4.78, 5) is 8.42. The second kappa shape index (κ2) is 13.6. The predicted molar refractivity (Wildman–Crippen MR) is 231 cm³/mol. The molecule has 0 spiro atoms. The minimum atomic E-state index is -0.286. The molecule has 2 aliphatic heterocycles. The number of anilines is 1. The van der Waals surface area contributed by atoms with Crippen molar-refractivity contribution in [2.45, 2.75) is 50.5 Å². The summed E-state index contributed by atoms with van der Waals surface area (Å²) in [6, 6.07) is 55.7. The smallest absolute Gasteiger partial charge is 0.133 e. The number of aliphatic imine (C=N–C) groups is 1. The quantitative estimate of drug-likeness (QED) is 0.174. The van der Waals surface area contributed by atoms with Gasteiger partial charge in [-0.05, 0) is 119 Å². The van der Waals surface area contributed by atoms with Gasteiger partial charge < -0.3 is 4.90 Å². The number of nitrogens with zero attached hydrogens (tertiary/aromatic N) is 2. The average Bonchev–Trinajstić information content (AvgIpc) is 3.31. The van der Waals surface area contributed by atoms with Gasteiger partial charge in [0.1, 0.15) is 5.82 Å². The third kappa shape index (κ3) is 5.76. The van der Waals surface area contributed by atoms with E-state index in [0.717, 1.165) is 36.4 Å². The monoisotopic (exact) mass is 708 g/mol. The van der Waals surface area contributed by atoms with Crippen molar-refractivity contribution in [2.75, 3.05) is 4.90 Å². The number of hydrogen-bond donors (Lipinski definition) is 0. The molecule has 0 radical (unpaired) electrons. The van der Waals surface area contributed by atoms with Crippen molar-refractivity contribution in [1.82, 2.24) is 0 Å². The molecule has 2 heteroatoms. The summed E-state index contributed by atoms with van der Waals surface area (Å²) in [7, 11) is 0. The van der Waals surface area contributed by atoms with Crippen molar-refractivity contribution in [2.24, 2.45) is 4.99 Å². The first-order chi connectivity index (χ1) is 27.0. The maximum absolute atomic E-state index is 5.87. The van der Waals surface area contributed by atoms with Gasteiger partial charge in [-0.15, -0.1) is 0 Å². The van der Waals surface area contributed by atoms with E-state index in [2.05, 4.69) is 201 Å². The van der Waals surface area contributed by atoms with Crippen LogP contribution in [0, 0.1) is 0 Å². The molecule has 0 amide bonds. The maximum Gasteiger partial charge on any atom is 0.133 e. The van der Waals surface area contributed by atoms with Crippen molar-refractivity contribution in [3.63, 3.8) is 0 Å².